The van der Waals surface area contributed by atoms with E-state index in [9.17, 15) is 30.7 Å². The van der Waals surface area contributed by atoms with Gasteiger partial charge in [-0.25, -0.2) is 13.8 Å². The number of hydrogen-bond donors (Lipinski definition) is 0. The number of halogens is 7. The molecule has 18 heavy (non-hydrogen) atoms. The highest BCUT2D eigenvalue weighted by Gasteiger charge is 2.43. The van der Waals surface area contributed by atoms with Crippen LogP contribution in [-0.2, 0) is 4.74 Å². The highest BCUT2D eigenvalue weighted by molar-refractivity contribution is 5.33. The van der Waals surface area contributed by atoms with Crippen LogP contribution >= 0.6 is 0 Å². The van der Waals surface area contributed by atoms with Crippen LogP contribution in [0, 0.1) is 0 Å². The number of hydrogen-bond acceptors (Lipinski definition) is 2. The normalized spacial score (nSPS) is 14.2. The molecule has 0 aliphatic carbocycles. The van der Waals surface area contributed by atoms with Crippen LogP contribution < -0.4 is 0 Å². The first-order valence-corrected chi connectivity index (χ1v) is 4.25. The first-order chi connectivity index (χ1) is 8.06. The van der Waals surface area contributed by atoms with Gasteiger partial charge < -0.3 is 4.74 Å². The number of ether oxygens (including phenoxy) is 1. The Kier molecular flexibility index (Phi) is 5.37. The quantitative estimate of drug-likeness (QED) is 0.315. The summed E-state index contributed by atoms with van der Waals surface area (Å²) >= 11 is 0. The molecule has 0 spiro atoms. The van der Waals surface area contributed by atoms with Crippen molar-refractivity contribution in [1.82, 2.24) is 0 Å². The first kappa shape index (κ1) is 16.5. The summed E-state index contributed by atoms with van der Waals surface area (Å²) < 4.78 is 89.2. The molecule has 104 valence electrons. The van der Waals surface area contributed by atoms with Gasteiger partial charge >= 0.3 is 18.5 Å². The number of allylic oxidation sites excluding steroid dienone is 2. The van der Waals surface area contributed by atoms with E-state index in [1.807, 2.05) is 0 Å². The second-order valence-electron chi connectivity index (χ2n) is 2.93. The van der Waals surface area contributed by atoms with Crippen molar-refractivity contribution in [3.63, 3.8) is 0 Å². The van der Waals surface area contributed by atoms with E-state index in [-0.39, 0.29) is 6.08 Å². The molecule has 9 heteroatoms. The Labute approximate surface area is 97.4 Å². The Hall–Kier alpha value is -1.54. The van der Waals surface area contributed by atoms with E-state index in [0.717, 1.165) is 0 Å². The van der Waals surface area contributed by atoms with E-state index >= 15 is 0 Å². The predicted molar refractivity (Wildman–Crippen MR) is 49.7 cm³/mol. The molecule has 0 radical (unpaired) electrons. The molecular formula is C9H8F7NO. The van der Waals surface area contributed by atoms with E-state index in [4.69, 9.17) is 0 Å². The monoisotopic (exact) mass is 279 g/mol. The molecule has 0 unspecified atom stereocenters. The molecule has 0 saturated carbocycles. The van der Waals surface area contributed by atoms with Crippen LogP contribution in [0.1, 0.15) is 0 Å². The number of nitrogens with zero attached hydrogens (tertiary/aromatic N) is 1. The lowest BCUT2D eigenvalue weighted by Gasteiger charge is -2.17. The van der Waals surface area contributed by atoms with E-state index in [1.54, 1.807) is 0 Å². The largest absolute Gasteiger partial charge is 0.471 e. The van der Waals surface area contributed by atoms with Gasteiger partial charge in [-0.15, -0.1) is 0 Å². The minimum atomic E-state index is -4.97. The summed E-state index contributed by atoms with van der Waals surface area (Å²) in [6.07, 6.45) is -8.79. The molecule has 0 bridgehead atoms. The number of aliphatic imine (C=N–C) groups is 1. The topological polar surface area (TPSA) is 21.6 Å². The van der Waals surface area contributed by atoms with Crippen molar-refractivity contribution in [2.75, 3.05) is 6.61 Å². The molecule has 0 amide bonds. The van der Waals surface area contributed by atoms with Crippen molar-refractivity contribution in [3.8, 4) is 0 Å². The summed E-state index contributed by atoms with van der Waals surface area (Å²) in [4.78, 5) is 2.73. The maximum atomic E-state index is 12.4. The molecule has 0 N–H and O–H groups in total. The summed E-state index contributed by atoms with van der Waals surface area (Å²) in [5, 5.41) is 0. The highest BCUT2D eigenvalue weighted by Crippen LogP contribution is 2.31. The molecule has 0 aliphatic rings. The fraction of sp³-hybridized carbons (Fsp3) is 0.444. The predicted octanol–water partition coefficient (Wildman–Crippen LogP) is 3.56. The number of rotatable bonds is 6. The van der Waals surface area contributed by atoms with Crippen LogP contribution in [0.25, 0.3) is 0 Å². The molecule has 0 atom stereocenters. The highest BCUT2D eigenvalue weighted by atomic mass is 19.4. The van der Waals surface area contributed by atoms with Crippen molar-refractivity contribution in [2.45, 2.75) is 18.5 Å². The molecule has 0 saturated heterocycles. The van der Waals surface area contributed by atoms with Crippen molar-refractivity contribution < 1.29 is 35.5 Å². The fourth-order valence-corrected chi connectivity index (χ4v) is 0.760. The van der Waals surface area contributed by atoms with E-state index in [1.165, 1.54) is 0 Å². The average molecular weight is 279 g/mol. The van der Waals surface area contributed by atoms with Gasteiger partial charge in [-0.1, -0.05) is 12.7 Å². The van der Waals surface area contributed by atoms with Crippen LogP contribution in [0.4, 0.5) is 30.7 Å². The molecule has 0 fully saturated rings. The Bertz CT molecular complexity index is 345. The number of alkyl halides is 7. The van der Waals surface area contributed by atoms with Gasteiger partial charge in [0.15, 0.2) is 6.61 Å². The second kappa shape index (κ2) is 5.87. The molecule has 0 aromatic carbocycles. The third kappa shape index (κ3) is 4.38. The van der Waals surface area contributed by atoms with E-state index in [0.29, 0.717) is 0 Å². The Morgan fingerprint density at radius 3 is 2.00 bits per heavy atom. The lowest BCUT2D eigenvalue weighted by atomic mass is 10.2. The Morgan fingerprint density at radius 2 is 1.72 bits per heavy atom. The SMILES string of the molecule is C=C/C(=C(\N=C)OCC(F)(F)C(F)F)C(F)(F)F. The third-order valence-corrected chi connectivity index (χ3v) is 1.60. The maximum Gasteiger partial charge on any atom is 0.421 e. The summed E-state index contributed by atoms with van der Waals surface area (Å²) in [7, 11) is 0. The lowest BCUT2D eigenvalue weighted by Crippen LogP contribution is -2.32. The zero-order chi connectivity index (χ0) is 14.6. The van der Waals surface area contributed by atoms with E-state index < -0.39 is 36.6 Å². The van der Waals surface area contributed by atoms with Gasteiger partial charge in [-0.05, 0) is 6.72 Å². The van der Waals surface area contributed by atoms with Crippen LogP contribution in [-0.4, -0.2) is 31.8 Å². The average Bonchev–Trinajstić information content (AvgIpc) is 2.21. The Balaban J connectivity index is 5.08. The minimum absolute atomic E-state index is 0.254. The molecule has 0 rings (SSSR count). The van der Waals surface area contributed by atoms with Crippen LogP contribution in [0.3, 0.4) is 0 Å². The van der Waals surface area contributed by atoms with Gasteiger partial charge in [0.05, 0.1) is 0 Å². The zero-order valence-electron chi connectivity index (χ0n) is 8.78. The summed E-state index contributed by atoms with van der Waals surface area (Å²) in [6.45, 7) is 3.52. The van der Waals surface area contributed by atoms with Crippen molar-refractivity contribution in [2.24, 2.45) is 4.99 Å². The molecular weight excluding hydrogens is 271 g/mol. The zero-order valence-corrected chi connectivity index (χ0v) is 8.78. The molecule has 0 aromatic heterocycles. The molecule has 2 nitrogen and oxygen atoms in total. The molecule has 0 aromatic rings. The smallest absolute Gasteiger partial charge is 0.421 e. The van der Waals surface area contributed by atoms with Gasteiger partial charge in [0.25, 0.3) is 0 Å². The molecule has 0 aliphatic heterocycles. The van der Waals surface area contributed by atoms with Gasteiger partial charge in [0.2, 0.25) is 5.88 Å². The standard InChI is InChI=1S/C9H8F7NO/c1-3-5(9(14,15)16)6(17-2)18-4-8(12,13)7(10)11/h3,7H,1-2,4H2/b6-5-. The maximum absolute atomic E-state index is 12.4. The van der Waals surface area contributed by atoms with Crippen LogP contribution in [0.5, 0.6) is 0 Å². The van der Waals surface area contributed by atoms with Gasteiger partial charge in [-0.2, -0.15) is 22.0 Å². The van der Waals surface area contributed by atoms with Gasteiger partial charge in [0, 0.05) is 0 Å². The summed E-state index contributed by atoms with van der Waals surface area (Å²) in [6, 6.07) is 0. The summed E-state index contributed by atoms with van der Waals surface area (Å²) in [5.74, 6) is -5.92. The van der Waals surface area contributed by atoms with E-state index in [2.05, 4.69) is 23.0 Å². The van der Waals surface area contributed by atoms with Crippen LogP contribution in [0.15, 0.2) is 29.1 Å². The lowest BCUT2D eigenvalue weighted by molar-refractivity contribution is -0.159. The van der Waals surface area contributed by atoms with Crippen molar-refractivity contribution in [1.29, 1.82) is 0 Å². The Morgan fingerprint density at radius 1 is 1.22 bits per heavy atom. The fourth-order valence-electron chi connectivity index (χ4n) is 0.760. The van der Waals surface area contributed by atoms with Crippen molar-refractivity contribution in [3.05, 3.63) is 24.1 Å². The second-order valence-corrected chi connectivity index (χ2v) is 2.93. The van der Waals surface area contributed by atoms with Crippen molar-refractivity contribution >= 4 is 6.72 Å². The third-order valence-electron chi connectivity index (χ3n) is 1.60. The summed E-state index contributed by atoms with van der Waals surface area (Å²) in [5.41, 5.74) is -1.58. The minimum Gasteiger partial charge on any atom is -0.471 e. The van der Waals surface area contributed by atoms with Crippen LogP contribution in [0.2, 0.25) is 0 Å². The van der Waals surface area contributed by atoms with Gasteiger partial charge in [0.1, 0.15) is 5.57 Å². The van der Waals surface area contributed by atoms with Gasteiger partial charge in [-0.3, -0.25) is 0 Å². The first-order valence-electron chi connectivity index (χ1n) is 4.25. The molecule has 0 heterocycles.